The van der Waals surface area contributed by atoms with Gasteiger partial charge in [0, 0.05) is 25.7 Å². The molecular formula is C17H19Br2ClN2O2. The third-order valence-corrected chi connectivity index (χ3v) is 7.84. The summed E-state index contributed by atoms with van der Waals surface area (Å²) in [4.78, 5) is 27.8. The van der Waals surface area contributed by atoms with Gasteiger partial charge >= 0.3 is 0 Å². The maximum absolute atomic E-state index is 12.8. The number of carbonyl (C=O) groups is 2. The number of likely N-dealkylation sites (N-methyl/N-ethyl adjacent to an activating group) is 1. The van der Waals surface area contributed by atoms with Crippen LogP contribution >= 0.6 is 43.5 Å². The Morgan fingerprint density at radius 2 is 2.12 bits per heavy atom. The van der Waals surface area contributed by atoms with E-state index in [0.717, 1.165) is 12.1 Å². The van der Waals surface area contributed by atoms with Gasteiger partial charge in [-0.25, -0.2) is 0 Å². The van der Waals surface area contributed by atoms with Crippen LogP contribution in [0.4, 0.5) is 5.69 Å². The van der Waals surface area contributed by atoms with E-state index in [1.165, 1.54) is 10.5 Å². The van der Waals surface area contributed by atoms with E-state index in [1.807, 2.05) is 24.3 Å². The predicted molar refractivity (Wildman–Crippen MR) is 103 cm³/mol. The number of amides is 2. The monoisotopic (exact) mass is 476 g/mol. The van der Waals surface area contributed by atoms with Crippen molar-refractivity contribution in [1.82, 2.24) is 4.90 Å². The van der Waals surface area contributed by atoms with Crippen LogP contribution in [0.25, 0.3) is 0 Å². The van der Waals surface area contributed by atoms with E-state index in [0.29, 0.717) is 19.4 Å². The number of halogens is 3. The fourth-order valence-corrected chi connectivity index (χ4v) is 4.98. The molecule has 1 saturated heterocycles. The molecule has 2 amide bonds. The van der Waals surface area contributed by atoms with Gasteiger partial charge in [0.2, 0.25) is 11.8 Å². The van der Waals surface area contributed by atoms with Crippen molar-refractivity contribution < 1.29 is 9.59 Å². The SMILES string of the molecule is CCc1cccc(N2CCC(N(C)C(=O)C3(Cl)CC3(Br)Br)C2=O)c1. The maximum atomic E-state index is 12.8. The number of anilines is 1. The van der Waals surface area contributed by atoms with Crippen molar-refractivity contribution in [3.8, 4) is 0 Å². The van der Waals surface area contributed by atoms with Crippen LogP contribution in [0.2, 0.25) is 0 Å². The Labute approximate surface area is 163 Å². The molecule has 1 aliphatic heterocycles. The van der Waals surface area contributed by atoms with Gasteiger partial charge in [-0.15, -0.1) is 11.6 Å². The number of hydrogen-bond donors (Lipinski definition) is 0. The molecule has 0 bridgehead atoms. The van der Waals surface area contributed by atoms with E-state index in [1.54, 1.807) is 11.9 Å². The van der Waals surface area contributed by atoms with E-state index in [4.69, 9.17) is 11.6 Å². The predicted octanol–water partition coefficient (Wildman–Crippen LogP) is 3.68. The van der Waals surface area contributed by atoms with Gasteiger partial charge in [0.1, 0.15) is 9.28 Å². The topological polar surface area (TPSA) is 40.6 Å². The van der Waals surface area contributed by atoms with Crippen molar-refractivity contribution in [3.63, 3.8) is 0 Å². The fraction of sp³-hybridized carbons (Fsp3) is 0.529. The van der Waals surface area contributed by atoms with Gasteiger partial charge in [-0.05, 0) is 30.5 Å². The number of benzene rings is 1. The molecule has 0 N–H and O–H groups in total. The quantitative estimate of drug-likeness (QED) is 0.620. The van der Waals surface area contributed by atoms with Crippen molar-refractivity contribution in [2.24, 2.45) is 0 Å². The van der Waals surface area contributed by atoms with E-state index in [2.05, 4.69) is 38.8 Å². The summed E-state index contributed by atoms with van der Waals surface area (Å²) >= 11 is 13.2. The zero-order valence-corrected chi connectivity index (χ0v) is 17.5. The summed E-state index contributed by atoms with van der Waals surface area (Å²) in [5.41, 5.74) is 2.08. The Morgan fingerprint density at radius 1 is 1.46 bits per heavy atom. The largest absolute Gasteiger partial charge is 0.332 e. The molecule has 1 aliphatic carbocycles. The number of alkyl halides is 3. The van der Waals surface area contributed by atoms with Crippen LogP contribution in [0.1, 0.15) is 25.3 Å². The second kappa shape index (κ2) is 6.29. The molecule has 1 heterocycles. The molecule has 0 aromatic heterocycles. The third-order valence-electron chi connectivity index (χ3n) is 4.85. The number of nitrogens with zero attached hydrogens (tertiary/aromatic N) is 2. The summed E-state index contributed by atoms with van der Waals surface area (Å²) in [5, 5.41) is 0. The molecule has 24 heavy (non-hydrogen) atoms. The van der Waals surface area contributed by atoms with Gasteiger partial charge < -0.3 is 9.80 Å². The number of aryl methyl sites for hydroxylation is 1. The van der Waals surface area contributed by atoms with E-state index >= 15 is 0 Å². The van der Waals surface area contributed by atoms with Gasteiger partial charge in [0.05, 0.1) is 0 Å². The van der Waals surface area contributed by atoms with Crippen molar-refractivity contribution in [2.75, 3.05) is 18.5 Å². The molecule has 2 fully saturated rings. The van der Waals surface area contributed by atoms with Crippen LogP contribution in [0.3, 0.4) is 0 Å². The molecule has 1 saturated carbocycles. The van der Waals surface area contributed by atoms with Crippen molar-refractivity contribution >= 4 is 61.0 Å². The van der Waals surface area contributed by atoms with Crippen LogP contribution in [-0.2, 0) is 16.0 Å². The van der Waals surface area contributed by atoms with Crippen molar-refractivity contribution in [2.45, 2.75) is 40.3 Å². The smallest absolute Gasteiger partial charge is 0.249 e. The van der Waals surface area contributed by atoms with Crippen LogP contribution in [0, 0.1) is 0 Å². The summed E-state index contributed by atoms with van der Waals surface area (Å²) < 4.78 is -0.573. The first-order valence-electron chi connectivity index (χ1n) is 7.95. The Bertz CT molecular complexity index is 697. The molecule has 7 heteroatoms. The number of hydrogen-bond acceptors (Lipinski definition) is 2. The summed E-state index contributed by atoms with van der Waals surface area (Å²) in [7, 11) is 1.66. The standard InChI is InChI=1S/C17H19Br2ClN2O2/c1-3-11-5-4-6-12(9-11)22-8-7-13(14(22)23)21(2)15(24)16(20)10-17(16,18)19/h4-6,9,13H,3,7-8,10H2,1-2H3. The van der Waals surface area contributed by atoms with E-state index in [9.17, 15) is 9.59 Å². The minimum atomic E-state index is -1.02. The van der Waals surface area contributed by atoms with E-state index in [-0.39, 0.29) is 11.8 Å². The Kier molecular flexibility index (Phi) is 4.77. The number of rotatable bonds is 4. The van der Waals surface area contributed by atoms with Gasteiger partial charge in [-0.1, -0.05) is 50.9 Å². The fourth-order valence-electron chi connectivity index (χ4n) is 3.14. The highest BCUT2D eigenvalue weighted by atomic mass is 79.9. The molecule has 2 atom stereocenters. The Morgan fingerprint density at radius 3 is 2.71 bits per heavy atom. The summed E-state index contributed by atoms with van der Waals surface area (Å²) in [6.45, 7) is 2.69. The molecule has 1 aromatic rings. The van der Waals surface area contributed by atoms with Gasteiger partial charge in [-0.3, -0.25) is 9.59 Å². The molecule has 3 rings (SSSR count). The van der Waals surface area contributed by atoms with Crippen LogP contribution < -0.4 is 4.90 Å². The lowest BCUT2D eigenvalue weighted by molar-refractivity contribution is -0.137. The highest BCUT2D eigenvalue weighted by molar-refractivity contribution is 9.25. The average molecular weight is 479 g/mol. The second-order valence-electron chi connectivity index (χ2n) is 6.42. The lowest BCUT2D eigenvalue weighted by Gasteiger charge is -2.26. The van der Waals surface area contributed by atoms with Crippen LogP contribution in [0.5, 0.6) is 0 Å². The molecule has 130 valence electrons. The minimum Gasteiger partial charge on any atom is -0.332 e. The average Bonchev–Trinajstić information content (AvgIpc) is 2.89. The first kappa shape index (κ1) is 18.2. The lowest BCUT2D eigenvalue weighted by atomic mass is 10.1. The van der Waals surface area contributed by atoms with Crippen LogP contribution in [0.15, 0.2) is 24.3 Å². The normalized spacial score (nSPS) is 28.1. The summed E-state index contributed by atoms with van der Waals surface area (Å²) in [6, 6.07) is 7.52. The Balaban J connectivity index is 1.75. The molecule has 2 unspecified atom stereocenters. The zero-order chi connectivity index (χ0) is 17.7. The van der Waals surface area contributed by atoms with E-state index < -0.39 is 14.1 Å². The molecule has 0 spiro atoms. The van der Waals surface area contributed by atoms with Gasteiger partial charge in [0.25, 0.3) is 0 Å². The van der Waals surface area contributed by atoms with Gasteiger partial charge in [0.15, 0.2) is 4.87 Å². The number of carbonyl (C=O) groups excluding carboxylic acids is 2. The van der Waals surface area contributed by atoms with Crippen molar-refractivity contribution in [1.29, 1.82) is 0 Å². The lowest BCUT2D eigenvalue weighted by Crippen LogP contribution is -2.47. The molecule has 1 aromatic carbocycles. The van der Waals surface area contributed by atoms with Gasteiger partial charge in [-0.2, -0.15) is 0 Å². The zero-order valence-electron chi connectivity index (χ0n) is 13.6. The minimum absolute atomic E-state index is 0.0465. The van der Waals surface area contributed by atoms with Crippen molar-refractivity contribution in [3.05, 3.63) is 29.8 Å². The molecule has 4 nitrogen and oxygen atoms in total. The molecular weight excluding hydrogens is 459 g/mol. The highest BCUT2D eigenvalue weighted by Gasteiger charge is 2.70. The first-order chi connectivity index (χ1) is 11.2. The molecule has 2 aliphatic rings. The summed E-state index contributed by atoms with van der Waals surface area (Å²) in [5.74, 6) is -0.268. The summed E-state index contributed by atoms with van der Waals surface area (Å²) in [6.07, 6.45) is 2.03. The first-order valence-corrected chi connectivity index (χ1v) is 9.92. The maximum Gasteiger partial charge on any atom is 0.249 e. The van der Waals surface area contributed by atoms with Crippen LogP contribution in [-0.4, -0.2) is 44.5 Å². The Hall–Kier alpha value is -0.590. The highest BCUT2D eigenvalue weighted by Crippen LogP contribution is 2.64. The third kappa shape index (κ3) is 2.90. The molecule has 0 radical (unpaired) electrons. The second-order valence-corrected chi connectivity index (χ2v) is 10.8.